The zero-order chi connectivity index (χ0) is 16.2. The number of hydrogen-bond acceptors (Lipinski definition) is 4. The predicted molar refractivity (Wildman–Crippen MR) is 87.1 cm³/mol. The number of amides is 1. The summed E-state index contributed by atoms with van der Waals surface area (Å²) in [5.74, 6) is 1.06. The monoisotopic (exact) mass is 311 g/mol. The number of fused-ring (bicyclic) bond motifs is 1. The fraction of sp³-hybridized carbons (Fsp3) is 0.176. The van der Waals surface area contributed by atoms with Crippen molar-refractivity contribution in [3.63, 3.8) is 0 Å². The van der Waals surface area contributed by atoms with E-state index in [2.05, 4.69) is 10.3 Å². The number of methoxy groups -OCH3 is 2. The van der Waals surface area contributed by atoms with Gasteiger partial charge in [0, 0.05) is 18.5 Å². The molecule has 23 heavy (non-hydrogen) atoms. The van der Waals surface area contributed by atoms with Gasteiger partial charge in [-0.3, -0.25) is 4.79 Å². The van der Waals surface area contributed by atoms with Crippen LogP contribution in [0.25, 0.3) is 5.65 Å². The summed E-state index contributed by atoms with van der Waals surface area (Å²) in [5.41, 5.74) is 2.09. The van der Waals surface area contributed by atoms with E-state index >= 15 is 0 Å². The molecular weight excluding hydrogens is 294 g/mol. The molecule has 0 spiro atoms. The van der Waals surface area contributed by atoms with E-state index in [1.54, 1.807) is 32.4 Å². The van der Waals surface area contributed by atoms with E-state index in [-0.39, 0.29) is 12.3 Å². The van der Waals surface area contributed by atoms with Crippen LogP contribution in [0.3, 0.4) is 0 Å². The minimum atomic E-state index is -0.167. The predicted octanol–water partition coefficient (Wildman–Crippen LogP) is 2.53. The van der Waals surface area contributed by atoms with Crippen LogP contribution in [-0.4, -0.2) is 29.5 Å². The van der Waals surface area contributed by atoms with Crippen molar-refractivity contribution in [2.75, 3.05) is 19.5 Å². The van der Waals surface area contributed by atoms with Crippen molar-refractivity contribution in [2.24, 2.45) is 0 Å². The lowest BCUT2D eigenvalue weighted by molar-refractivity contribution is -0.115. The smallest absolute Gasteiger partial charge is 0.230 e. The molecule has 1 N–H and O–H groups in total. The van der Waals surface area contributed by atoms with Crippen molar-refractivity contribution >= 4 is 17.2 Å². The first-order chi connectivity index (χ1) is 11.2. The van der Waals surface area contributed by atoms with Crippen molar-refractivity contribution in [1.82, 2.24) is 9.38 Å². The van der Waals surface area contributed by atoms with E-state index in [1.807, 2.05) is 35.0 Å². The molecule has 0 saturated carbocycles. The highest BCUT2D eigenvalue weighted by Gasteiger charge is 2.11. The molecule has 1 amide bonds. The Kier molecular flexibility index (Phi) is 4.14. The molecule has 3 aromatic rings. The fourth-order valence-electron chi connectivity index (χ4n) is 2.34. The van der Waals surface area contributed by atoms with Gasteiger partial charge in [0.25, 0.3) is 0 Å². The average molecular weight is 311 g/mol. The molecule has 2 aromatic heterocycles. The highest BCUT2D eigenvalue weighted by atomic mass is 16.5. The molecule has 6 heteroatoms. The van der Waals surface area contributed by atoms with E-state index in [0.29, 0.717) is 22.9 Å². The van der Waals surface area contributed by atoms with Crippen molar-refractivity contribution in [1.29, 1.82) is 0 Å². The number of imidazole rings is 1. The van der Waals surface area contributed by atoms with E-state index in [1.165, 1.54) is 0 Å². The van der Waals surface area contributed by atoms with Crippen LogP contribution in [-0.2, 0) is 11.2 Å². The molecule has 6 nitrogen and oxygen atoms in total. The van der Waals surface area contributed by atoms with Crippen LogP contribution in [0.15, 0.2) is 48.8 Å². The number of carbonyl (C=O) groups is 1. The summed E-state index contributed by atoms with van der Waals surface area (Å²) in [7, 11) is 3.13. The Hall–Kier alpha value is -3.02. The molecule has 0 unspecified atom stereocenters. The SMILES string of the molecule is COc1ccc(OC)c(NC(=O)Cc2cn3ccccc3n2)c1. The van der Waals surface area contributed by atoms with Crippen LogP contribution in [0.1, 0.15) is 5.69 Å². The number of anilines is 1. The van der Waals surface area contributed by atoms with Crippen LogP contribution in [0.2, 0.25) is 0 Å². The Morgan fingerprint density at radius 1 is 1.22 bits per heavy atom. The van der Waals surface area contributed by atoms with Crippen LogP contribution in [0, 0.1) is 0 Å². The summed E-state index contributed by atoms with van der Waals surface area (Å²) >= 11 is 0. The largest absolute Gasteiger partial charge is 0.497 e. The Bertz CT molecular complexity index is 809. The second-order valence-corrected chi connectivity index (χ2v) is 4.99. The second-order valence-electron chi connectivity index (χ2n) is 4.99. The molecule has 0 aliphatic heterocycles. The Morgan fingerprint density at radius 3 is 2.83 bits per heavy atom. The van der Waals surface area contributed by atoms with Gasteiger partial charge < -0.3 is 19.2 Å². The van der Waals surface area contributed by atoms with Gasteiger partial charge in [0.2, 0.25) is 5.91 Å². The number of nitrogens with zero attached hydrogens (tertiary/aromatic N) is 2. The van der Waals surface area contributed by atoms with Crippen molar-refractivity contribution < 1.29 is 14.3 Å². The summed E-state index contributed by atoms with van der Waals surface area (Å²) in [6, 6.07) is 11.0. The number of aromatic nitrogens is 2. The number of ether oxygens (including phenoxy) is 2. The normalized spacial score (nSPS) is 10.5. The first-order valence-corrected chi connectivity index (χ1v) is 7.14. The summed E-state index contributed by atoms with van der Waals surface area (Å²) < 4.78 is 12.3. The molecule has 0 bridgehead atoms. The van der Waals surface area contributed by atoms with Crippen molar-refractivity contribution in [3.05, 3.63) is 54.5 Å². The number of carbonyl (C=O) groups excluding carboxylic acids is 1. The zero-order valence-electron chi connectivity index (χ0n) is 12.9. The van der Waals surface area contributed by atoms with Crippen LogP contribution >= 0.6 is 0 Å². The highest BCUT2D eigenvalue weighted by Crippen LogP contribution is 2.28. The molecule has 0 saturated heterocycles. The Balaban J connectivity index is 1.76. The summed E-state index contributed by atoms with van der Waals surface area (Å²) in [6.45, 7) is 0. The molecule has 0 atom stereocenters. The van der Waals surface area contributed by atoms with Crippen LogP contribution < -0.4 is 14.8 Å². The number of rotatable bonds is 5. The Labute approximate surface area is 133 Å². The minimum absolute atomic E-state index is 0.167. The van der Waals surface area contributed by atoms with Gasteiger partial charge >= 0.3 is 0 Å². The van der Waals surface area contributed by atoms with Gasteiger partial charge in [-0.2, -0.15) is 0 Å². The van der Waals surface area contributed by atoms with Gasteiger partial charge in [0.1, 0.15) is 17.1 Å². The topological polar surface area (TPSA) is 64.9 Å². The van der Waals surface area contributed by atoms with E-state index in [9.17, 15) is 4.79 Å². The maximum absolute atomic E-state index is 12.3. The van der Waals surface area contributed by atoms with Crippen molar-refractivity contribution in [3.8, 4) is 11.5 Å². The molecule has 0 fully saturated rings. The van der Waals surface area contributed by atoms with E-state index in [4.69, 9.17) is 9.47 Å². The maximum Gasteiger partial charge on any atom is 0.230 e. The number of hydrogen-bond donors (Lipinski definition) is 1. The lowest BCUT2D eigenvalue weighted by Gasteiger charge is -2.11. The lowest BCUT2D eigenvalue weighted by atomic mass is 10.2. The summed E-state index contributed by atoms with van der Waals surface area (Å²) in [5, 5.41) is 2.84. The minimum Gasteiger partial charge on any atom is -0.497 e. The quantitative estimate of drug-likeness (QED) is 0.786. The summed E-state index contributed by atoms with van der Waals surface area (Å²) in [6.07, 6.45) is 3.93. The zero-order valence-corrected chi connectivity index (χ0v) is 12.9. The first-order valence-electron chi connectivity index (χ1n) is 7.14. The van der Waals surface area contributed by atoms with Gasteiger partial charge in [-0.1, -0.05) is 6.07 Å². The average Bonchev–Trinajstić information content (AvgIpc) is 2.96. The van der Waals surface area contributed by atoms with E-state index in [0.717, 1.165) is 5.65 Å². The molecular formula is C17H17N3O3. The Morgan fingerprint density at radius 2 is 2.09 bits per heavy atom. The van der Waals surface area contributed by atoms with E-state index < -0.39 is 0 Å². The van der Waals surface area contributed by atoms with Gasteiger partial charge in [0.15, 0.2) is 0 Å². The lowest BCUT2D eigenvalue weighted by Crippen LogP contribution is -2.15. The summed E-state index contributed by atoms with van der Waals surface area (Å²) in [4.78, 5) is 16.7. The highest BCUT2D eigenvalue weighted by molar-refractivity contribution is 5.93. The fourth-order valence-corrected chi connectivity index (χ4v) is 2.34. The molecule has 1 aromatic carbocycles. The molecule has 118 valence electrons. The molecule has 0 aliphatic rings. The molecule has 0 radical (unpaired) electrons. The van der Waals surface area contributed by atoms with Crippen LogP contribution in [0.5, 0.6) is 11.5 Å². The number of pyridine rings is 1. The van der Waals surface area contributed by atoms with Gasteiger partial charge in [-0.15, -0.1) is 0 Å². The third-order valence-electron chi connectivity index (χ3n) is 3.44. The third-order valence-corrected chi connectivity index (χ3v) is 3.44. The third kappa shape index (κ3) is 3.26. The number of benzene rings is 1. The molecule has 3 rings (SSSR count). The standard InChI is InChI=1S/C17H17N3O3/c1-22-13-6-7-15(23-2)14(10-13)19-17(21)9-12-11-20-8-4-3-5-16(20)18-12/h3-8,10-11H,9H2,1-2H3,(H,19,21). The van der Waals surface area contributed by atoms with Gasteiger partial charge in [-0.25, -0.2) is 4.98 Å². The van der Waals surface area contributed by atoms with Gasteiger partial charge in [0.05, 0.1) is 32.0 Å². The molecule has 0 aliphatic carbocycles. The first kappa shape index (κ1) is 14.9. The number of nitrogens with one attached hydrogen (secondary N) is 1. The van der Waals surface area contributed by atoms with Crippen LogP contribution in [0.4, 0.5) is 5.69 Å². The maximum atomic E-state index is 12.3. The van der Waals surface area contributed by atoms with Gasteiger partial charge in [-0.05, 0) is 24.3 Å². The molecule has 2 heterocycles. The second kappa shape index (κ2) is 6.39. The van der Waals surface area contributed by atoms with Crippen molar-refractivity contribution in [2.45, 2.75) is 6.42 Å².